The monoisotopic (exact) mass is 316 g/mol. The number of carbonyl (C=O) groups excluding carboxylic acids is 1. The Labute approximate surface area is 138 Å². The fraction of sp³-hybridized carbons (Fsp3) is 0.105. The van der Waals surface area contributed by atoms with Crippen molar-refractivity contribution in [1.82, 2.24) is 15.2 Å². The minimum atomic E-state index is -0.175. The Hall–Kier alpha value is -3.21. The molecule has 0 bridgehead atoms. The third-order valence-electron chi connectivity index (χ3n) is 4.13. The van der Waals surface area contributed by atoms with E-state index in [-0.39, 0.29) is 5.91 Å². The summed E-state index contributed by atoms with van der Waals surface area (Å²) in [6.07, 6.45) is 1.73. The van der Waals surface area contributed by atoms with Gasteiger partial charge in [-0.1, -0.05) is 23.8 Å². The van der Waals surface area contributed by atoms with E-state index in [1.165, 1.54) is 0 Å². The van der Waals surface area contributed by atoms with Gasteiger partial charge in [0, 0.05) is 10.8 Å². The molecule has 4 rings (SSSR count). The molecule has 0 spiro atoms. The molecule has 2 aromatic carbocycles. The Balaban J connectivity index is 1.75. The first-order valence-corrected chi connectivity index (χ1v) is 7.73. The van der Waals surface area contributed by atoms with Crippen LogP contribution in [0.15, 0.2) is 48.7 Å². The zero-order chi connectivity index (χ0) is 16.7. The average Bonchev–Trinajstić information content (AvgIpc) is 3.04. The molecule has 5 heteroatoms. The summed E-state index contributed by atoms with van der Waals surface area (Å²) in [4.78, 5) is 17.3. The summed E-state index contributed by atoms with van der Waals surface area (Å²) in [5.74, 6) is -0.175. The summed E-state index contributed by atoms with van der Waals surface area (Å²) in [6.45, 7) is 3.88. The second-order valence-corrected chi connectivity index (χ2v) is 5.91. The molecule has 2 N–H and O–H groups in total. The van der Waals surface area contributed by atoms with Crippen LogP contribution in [0.1, 0.15) is 21.6 Å². The number of carbonyl (C=O) groups is 1. The fourth-order valence-corrected chi connectivity index (χ4v) is 2.88. The maximum absolute atomic E-state index is 12.7. The second kappa shape index (κ2) is 5.45. The van der Waals surface area contributed by atoms with Crippen molar-refractivity contribution in [2.45, 2.75) is 13.8 Å². The normalized spacial score (nSPS) is 11.1. The van der Waals surface area contributed by atoms with E-state index >= 15 is 0 Å². The number of aromatic nitrogens is 3. The Bertz CT molecular complexity index is 1080. The molecule has 5 nitrogen and oxygen atoms in total. The van der Waals surface area contributed by atoms with Gasteiger partial charge < -0.3 is 5.32 Å². The van der Waals surface area contributed by atoms with Crippen molar-refractivity contribution in [1.29, 1.82) is 0 Å². The van der Waals surface area contributed by atoms with Crippen molar-refractivity contribution in [3.05, 3.63) is 65.5 Å². The van der Waals surface area contributed by atoms with Gasteiger partial charge in [0.25, 0.3) is 5.91 Å². The van der Waals surface area contributed by atoms with Crippen LogP contribution in [-0.4, -0.2) is 21.1 Å². The van der Waals surface area contributed by atoms with Gasteiger partial charge >= 0.3 is 0 Å². The SMILES string of the molecule is Cc1ccc2nc(C)c(C(=O)Nc3cccc4cn[nH]c34)cc2c1. The van der Waals surface area contributed by atoms with E-state index in [0.717, 1.165) is 27.4 Å². The van der Waals surface area contributed by atoms with Crippen LogP contribution in [0.4, 0.5) is 5.69 Å². The maximum Gasteiger partial charge on any atom is 0.257 e. The number of aryl methyl sites for hydroxylation is 2. The van der Waals surface area contributed by atoms with Crippen molar-refractivity contribution >= 4 is 33.4 Å². The molecule has 0 aliphatic carbocycles. The van der Waals surface area contributed by atoms with Crippen LogP contribution in [-0.2, 0) is 0 Å². The van der Waals surface area contributed by atoms with Crippen LogP contribution in [0, 0.1) is 13.8 Å². The molecule has 0 fully saturated rings. The number of H-pyrrole nitrogens is 1. The number of nitrogens with zero attached hydrogens (tertiary/aromatic N) is 2. The third-order valence-corrected chi connectivity index (χ3v) is 4.13. The molecule has 0 saturated carbocycles. The van der Waals surface area contributed by atoms with Gasteiger partial charge in [0.05, 0.1) is 34.2 Å². The van der Waals surface area contributed by atoms with Crippen LogP contribution in [0.5, 0.6) is 0 Å². The van der Waals surface area contributed by atoms with Gasteiger partial charge in [0.15, 0.2) is 0 Å². The molecule has 2 aromatic heterocycles. The predicted molar refractivity (Wildman–Crippen MR) is 95.3 cm³/mol. The highest BCUT2D eigenvalue weighted by Gasteiger charge is 2.14. The molecule has 118 valence electrons. The predicted octanol–water partition coefficient (Wildman–Crippen LogP) is 3.98. The highest BCUT2D eigenvalue weighted by molar-refractivity contribution is 6.10. The standard InChI is InChI=1S/C19H16N4O/c1-11-6-7-16-14(8-11)9-15(12(2)21-16)19(24)22-17-5-3-4-13-10-20-23-18(13)17/h3-10H,1-2H3,(H,20,23)(H,22,24). The lowest BCUT2D eigenvalue weighted by Gasteiger charge is -2.10. The van der Waals surface area contributed by atoms with Gasteiger partial charge in [-0.3, -0.25) is 14.9 Å². The van der Waals surface area contributed by atoms with Crippen molar-refractivity contribution < 1.29 is 4.79 Å². The molecule has 2 heterocycles. The number of aromatic amines is 1. The molecule has 1 amide bonds. The second-order valence-electron chi connectivity index (χ2n) is 5.91. The Morgan fingerprint density at radius 2 is 1.96 bits per heavy atom. The summed E-state index contributed by atoms with van der Waals surface area (Å²) < 4.78 is 0. The highest BCUT2D eigenvalue weighted by atomic mass is 16.1. The fourth-order valence-electron chi connectivity index (χ4n) is 2.88. The zero-order valence-electron chi connectivity index (χ0n) is 13.4. The van der Waals surface area contributed by atoms with E-state index in [1.807, 2.05) is 56.3 Å². The number of fused-ring (bicyclic) bond motifs is 2. The average molecular weight is 316 g/mol. The van der Waals surface area contributed by atoms with E-state index in [9.17, 15) is 4.79 Å². The number of hydrogen-bond acceptors (Lipinski definition) is 3. The zero-order valence-corrected chi connectivity index (χ0v) is 13.4. The highest BCUT2D eigenvalue weighted by Crippen LogP contribution is 2.23. The minimum absolute atomic E-state index is 0.175. The Morgan fingerprint density at radius 3 is 2.83 bits per heavy atom. The van der Waals surface area contributed by atoms with E-state index in [2.05, 4.69) is 20.5 Å². The van der Waals surface area contributed by atoms with Crippen LogP contribution < -0.4 is 5.32 Å². The molecule has 0 unspecified atom stereocenters. The smallest absolute Gasteiger partial charge is 0.257 e. The molecule has 0 aliphatic rings. The van der Waals surface area contributed by atoms with Crippen molar-refractivity contribution in [2.24, 2.45) is 0 Å². The number of benzene rings is 2. The number of rotatable bonds is 2. The lowest BCUT2D eigenvalue weighted by atomic mass is 10.1. The third kappa shape index (κ3) is 2.40. The van der Waals surface area contributed by atoms with Crippen molar-refractivity contribution in [3.63, 3.8) is 0 Å². The number of pyridine rings is 1. The van der Waals surface area contributed by atoms with Crippen molar-refractivity contribution in [3.8, 4) is 0 Å². The van der Waals surface area contributed by atoms with E-state index in [0.29, 0.717) is 16.9 Å². The molecule has 0 atom stereocenters. The van der Waals surface area contributed by atoms with Gasteiger partial charge in [-0.2, -0.15) is 5.10 Å². The van der Waals surface area contributed by atoms with Gasteiger partial charge in [-0.15, -0.1) is 0 Å². The van der Waals surface area contributed by atoms with Gasteiger partial charge in [0.1, 0.15) is 0 Å². The lowest BCUT2D eigenvalue weighted by Crippen LogP contribution is -2.14. The van der Waals surface area contributed by atoms with Gasteiger partial charge in [-0.05, 0) is 38.1 Å². The van der Waals surface area contributed by atoms with E-state index in [4.69, 9.17) is 0 Å². The molecular weight excluding hydrogens is 300 g/mol. The Morgan fingerprint density at radius 1 is 1.08 bits per heavy atom. The first kappa shape index (κ1) is 14.4. The number of anilines is 1. The summed E-state index contributed by atoms with van der Waals surface area (Å²) in [7, 11) is 0. The number of amides is 1. The van der Waals surface area contributed by atoms with E-state index < -0.39 is 0 Å². The van der Waals surface area contributed by atoms with Gasteiger partial charge in [0.2, 0.25) is 0 Å². The topological polar surface area (TPSA) is 70.7 Å². The van der Waals surface area contributed by atoms with Gasteiger partial charge in [-0.25, -0.2) is 0 Å². The van der Waals surface area contributed by atoms with Crippen LogP contribution >= 0.6 is 0 Å². The largest absolute Gasteiger partial charge is 0.320 e. The first-order chi connectivity index (χ1) is 11.6. The summed E-state index contributed by atoms with van der Waals surface area (Å²) >= 11 is 0. The van der Waals surface area contributed by atoms with Crippen LogP contribution in [0.25, 0.3) is 21.8 Å². The number of nitrogens with one attached hydrogen (secondary N) is 2. The molecule has 24 heavy (non-hydrogen) atoms. The molecule has 0 aliphatic heterocycles. The summed E-state index contributed by atoms with van der Waals surface area (Å²) in [5, 5.41) is 11.8. The van der Waals surface area contributed by atoms with Crippen LogP contribution in [0.3, 0.4) is 0 Å². The Kier molecular flexibility index (Phi) is 3.27. The molecule has 4 aromatic rings. The summed E-state index contributed by atoms with van der Waals surface area (Å²) in [5.41, 5.74) is 4.84. The first-order valence-electron chi connectivity index (χ1n) is 7.73. The summed E-state index contributed by atoms with van der Waals surface area (Å²) in [6, 6.07) is 13.6. The molecule has 0 saturated heterocycles. The number of para-hydroxylation sites is 1. The molecule has 0 radical (unpaired) electrons. The maximum atomic E-state index is 12.7. The minimum Gasteiger partial charge on any atom is -0.320 e. The lowest BCUT2D eigenvalue weighted by molar-refractivity contribution is 0.102. The molecular formula is C19H16N4O. The quantitative estimate of drug-likeness (QED) is 0.587. The number of hydrogen-bond donors (Lipinski definition) is 2. The van der Waals surface area contributed by atoms with E-state index in [1.54, 1.807) is 6.20 Å². The van der Waals surface area contributed by atoms with Crippen molar-refractivity contribution in [2.75, 3.05) is 5.32 Å². The van der Waals surface area contributed by atoms with Crippen LogP contribution in [0.2, 0.25) is 0 Å².